The van der Waals surface area contributed by atoms with Gasteiger partial charge in [0, 0.05) is 37.4 Å². The van der Waals surface area contributed by atoms with E-state index >= 15 is 0 Å². The van der Waals surface area contributed by atoms with Gasteiger partial charge in [0.25, 0.3) is 0 Å². The van der Waals surface area contributed by atoms with Crippen molar-refractivity contribution < 1.29 is 4.74 Å². The number of nitrogens with zero attached hydrogens (tertiary/aromatic N) is 2. The Bertz CT molecular complexity index is 397. The van der Waals surface area contributed by atoms with E-state index in [1.54, 1.807) is 7.11 Å². The molecular weight excluding hydrogens is 226 g/mol. The number of methoxy groups -OCH3 is 1. The van der Waals surface area contributed by atoms with Gasteiger partial charge < -0.3 is 14.6 Å². The van der Waals surface area contributed by atoms with Crippen LogP contribution in [0.2, 0.25) is 0 Å². The topological polar surface area (TPSA) is 39.1 Å². The van der Waals surface area contributed by atoms with E-state index in [4.69, 9.17) is 4.74 Å². The minimum absolute atomic E-state index is 0.183. The van der Waals surface area contributed by atoms with Gasteiger partial charge in [-0.25, -0.2) is 4.98 Å². The predicted octanol–water partition coefficient (Wildman–Crippen LogP) is 2.37. The average Bonchev–Trinajstić information content (AvgIpc) is 2.73. The SMILES string of the molecule is COC1CC(n2cncc2CNC(C)C)C1(C)C. The fourth-order valence-corrected chi connectivity index (χ4v) is 2.79. The molecule has 102 valence electrons. The van der Waals surface area contributed by atoms with Crippen LogP contribution in [0.5, 0.6) is 0 Å². The summed E-state index contributed by atoms with van der Waals surface area (Å²) in [5.74, 6) is 0. The molecule has 2 atom stereocenters. The molecular formula is C14H25N3O. The Balaban J connectivity index is 2.09. The molecule has 1 aliphatic carbocycles. The predicted molar refractivity (Wildman–Crippen MR) is 72.4 cm³/mol. The van der Waals surface area contributed by atoms with Gasteiger partial charge in [-0.2, -0.15) is 0 Å². The summed E-state index contributed by atoms with van der Waals surface area (Å²) in [5, 5.41) is 3.45. The molecule has 1 aromatic heterocycles. The van der Waals surface area contributed by atoms with Crippen molar-refractivity contribution in [3.8, 4) is 0 Å². The minimum Gasteiger partial charge on any atom is -0.381 e. The van der Waals surface area contributed by atoms with Crippen LogP contribution in [0.4, 0.5) is 0 Å². The molecule has 0 aromatic carbocycles. The Morgan fingerprint density at radius 3 is 2.83 bits per heavy atom. The lowest BCUT2D eigenvalue weighted by atomic mass is 9.64. The van der Waals surface area contributed by atoms with Gasteiger partial charge in [-0.15, -0.1) is 0 Å². The molecule has 4 nitrogen and oxygen atoms in total. The van der Waals surface area contributed by atoms with Crippen LogP contribution in [-0.2, 0) is 11.3 Å². The standard InChI is InChI=1S/C14H25N3O/c1-10(2)16-8-11-7-15-9-17(11)12-6-13(18-5)14(12,3)4/h7,9-10,12-13,16H,6,8H2,1-5H3. The van der Waals surface area contributed by atoms with E-state index in [9.17, 15) is 0 Å². The number of nitrogens with one attached hydrogen (secondary N) is 1. The number of imidazole rings is 1. The van der Waals surface area contributed by atoms with Crippen molar-refractivity contribution in [1.29, 1.82) is 0 Å². The number of ether oxygens (including phenoxy) is 1. The monoisotopic (exact) mass is 251 g/mol. The minimum atomic E-state index is 0.183. The first-order chi connectivity index (χ1) is 8.46. The molecule has 1 heterocycles. The van der Waals surface area contributed by atoms with Gasteiger partial charge in [-0.05, 0) is 6.42 Å². The average molecular weight is 251 g/mol. The first-order valence-corrected chi connectivity index (χ1v) is 6.73. The zero-order valence-electron chi connectivity index (χ0n) is 12.1. The van der Waals surface area contributed by atoms with Gasteiger partial charge in [-0.1, -0.05) is 27.7 Å². The lowest BCUT2D eigenvalue weighted by Gasteiger charge is -2.52. The Labute approximate surface area is 110 Å². The normalized spacial score (nSPS) is 26.3. The first kappa shape index (κ1) is 13.6. The summed E-state index contributed by atoms with van der Waals surface area (Å²) >= 11 is 0. The summed E-state index contributed by atoms with van der Waals surface area (Å²) < 4.78 is 7.83. The number of hydrogen-bond donors (Lipinski definition) is 1. The van der Waals surface area contributed by atoms with Crippen LogP contribution in [-0.4, -0.2) is 28.8 Å². The van der Waals surface area contributed by atoms with E-state index in [2.05, 4.69) is 42.6 Å². The molecule has 0 bridgehead atoms. The Kier molecular flexibility index (Phi) is 3.78. The highest BCUT2D eigenvalue weighted by Crippen LogP contribution is 2.51. The van der Waals surface area contributed by atoms with Gasteiger partial charge in [0.05, 0.1) is 18.1 Å². The first-order valence-electron chi connectivity index (χ1n) is 6.73. The number of aromatic nitrogens is 2. The van der Waals surface area contributed by atoms with Gasteiger partial charge >= 0.3 is 0 Å². The second-order valence-corrected chi connectivity index (χ2v) is 6.13. The van der Waals surface area contributed by atoms with Crippen LogP contribution in [0.1, 0.15) is 45.9 Å². The molecule has 1 N–H and O–H groups in total. The third-order valence-corrected chi connectivity index (χ3v) is 4.18. The van der Waals surface area contributed by atoms with Gasteiger partial charge in [0.2, 0.25) is 0 Å². The summed E-state index contributed by atoms with van der Waals surface area (Å²) in [6.07, 6.45) is 5.35. The van der Waals surface area contributed by atoms with Crippen molar-refractivity contribution in [3.05, 3.63) is 18.2 Å². The summed E-state index contributed by atoms with van der Waals surface area (Å²) in [6, 6.07) is 0.989. The van der Waals surface area contributed by atoms with Crippen LogP contribution in [0.3, 0.4) is 0 Å². The number of hydrogen-bond acceptors (Lipinski definition) is 3. The van der Waals surface area contributed by atoms with Gasteiger partial charge in [0.15, 0.2) is 0 Å². The molecule has 0 saturated heterocycles. The zero-order chi connectivity index (χ0) is 13.3. The highest BCUT2D eigenvalue weighted by Gasteiger charge is 2.49. The smallest absolute Gasteiger partial charge is 0.0951 e. The fraction of sp³-hybridized carbons (Fsp3) is 0.786. The third-order valence-electron chi connectivity index (χ3n) is 4.18. The fourth-order valence-electron chi connectivity index (χ4n) is 2.79. The highest BCUT2D eigenvalue weighted by atomic mass is 16.5. The van der Waals surface area contributed by atoms with Crippen molar-refractivity contribution in [2.24, 2.45) is 5.41 Å². The second kappa shape index (κ2) is 5.02. The van der Waals surface area contributed by atoms with E-state index in [1.165, 1.54) is 5.69 Å². The lowest BCUT2D eigenvalue weighted by Crippen LogP contribution is -2.51. The van der Waals surface area contributed by atoms with Crippen molar-refractivity contribution >= 4 is 0 Å². The van der Waals surface area contributed by atoms with Crippen LogP contribution in [0.15, 0.2) is 12.5 Å². The maximum absolute atomic E-state index is 5.52. The maximum atomic E-state index is 5.52. The summed E-state index contributed by atoms with van der Waals surface area (Å²) in [5.41, 5.74) is 1.44. The molecule has 0 amide bonds. The van der Waals surface area contributed by atoms with Crippen molar-refractivity contribution in [1.82, 2.24) is 14.9 Å². The van der Waals surface area contributed by atoms with Crippen molar-refractivity contribution in [2.75, 3.05) is 7.11 Å². The molecule has 18 heavy (non-hydrogen) atoms. The molecule has 1 aliphatic rings. The van der Waals surface area contributed by atoms with Crippen LogP contribution < -0.4 is 5.32 Å². The third kappa shape index (κ3) is 2.31. The van der Waals surface area contributed by atoms with E-state index in [1.807, 2.05) is 12.5 Å². The van der Waals surface area contributed by atoms with Crippen molar-refractivity contribution in [2.45, 2.75) is 58.8 Å². The van der Waals surface area contributed by atoms with Gasteiger partial charge in [-0.3, -0.25) is 0 Å². The molecule has 0 spiro atoms. The number of rotatable bonds is 5. The van der Waals surface area contributed by atoms with E-state index < -0.39 is 0 Å². The maximum Gasteiger partial charge on any atom is 0.0951 e. The molecule has 1 saturated carbocycles. The molecule has 0 aliphatic heterocycles. The van der Waals surface area contributed by atoms with E-state index in [0.717, 1.165) is 13.0 Å². The van der Waals surface area contributed by atoms with Crippen LogP contribution in [0, 0.1) is 5.41 Å². The Hall–Kier alpha value is -0.870. The summed E-state index contributed by atoms with van der Waals surface area (Å²) in [7, 11) is 1.80. The lowest BCUT2D eigenvalue weighted by molar-refractivity contribution is -0.113. The Morgan fingerprint density at radius 2 is 2.28 bits per heavy atom. The zero-order valence-corrected chi connectivity index (χ0v) is 12.1. The van der Waals surface area contributed by atoms with Crippen LogP contribution >= 0.6 is 0 Å². The molecule has 1 aromatic rings. The molecule has 1 fully saturated rings. The quantitative estimate of drug-likeness (QED) is 0.873. The van der Waals surface area contributed by atoms with Gasteiger partial charge in [0.1, 0.15) is 0 Å². The molecule has 2 rings (SSSR count). The highest BCUT2D eigenvalue weighted by molar-refractivity contribution is 5.09. The molecule has 0 radical (unpaired) electrons. The molecule has 2 unspecified atom stereocenters. The summed E-state index contributed by atoms with van der Waals surface area (Å²) in [6.45, 7) is 9.75. The summed E-state index contributed by atoms with van der Waals surface area (Å²) in [4.78, 5) is 4.30. The van der Waals surface area contributed by atoms with Crippen molar-refractivity contribution in [3.63, 3.8) is 0 Å². The Morgan fingerprint density at radius 1 is 1.56 bits per heavy atom. The van der Waals surface area contributed by atoms with Crippen LogP contribution in [0.25, 0.3) is 0 Å². The van der Waals surface area contributed by atoms with E-state index in [0.29, 0.717) is 18.2 Å². The van der Waals surface area contributed by atoms with E-state index in [-0.39, 0.29) is 5.41 Å². The molecule has 4 heteroatoms. The largest absolute Gasteiger partial charge is 0.381 e. The second-order valence-electron chi connectivity index (χ2n) is 6.13.